The SMILES string of the molecule is C=NN1C=C(C)C(N2CC[C@H](N)C2)=N/C1=C/C1CCCCN1C(=O)c1ccc(Cn2cccn2)o1. The number of carbonyl (C=O) groups is 1. The van der Waals surface area contributed by atoms with Crippen molar-refractivity contribution in [1.82, 2.24) is 24.6 Å². The van der Waals surface area contributed by atoms with E-state index < -0.39 is 0 Å². The van der Waals surface area contributed by atoms with Gasteiger partial charge in [-0.05, 0) is 56.9 Å². The Morgan fingerprint density at radius 2 is 2.20 bits per heavy atom. The van der Waals surface area contributed by atoms with Gasteiger partial charge in [-0.3, -0.25) is 9.48 Å². The number of aliphatic imine (C=N–C) groups is 1. The van der Waals surface area contributed by atoms with Crippen molar-refractivity contribution in [3.05, 3.63) is 65.8 Å². The summed E-state index contributed by atoms with van der Waals surface area (Å²) < 4.78 is 7.66. The Labute approximate surface area is 205 Å². The number of rotatable bonds is 5. The molecule has 2 atom stereocenters. The van der Waals surface area contributed by atoms with E-state index in [-0.39, 0.29) is 18.0 Å². The molecule has 5 rings (SSSR count). The van der Waals surface area contributed by atoms with E-state index in [9.17, 15) is 4.79 Å². The second kappa shape index (κ2) is 9.91. The molecule has 3 aliphatic rings. The number of piperidine rings is 1. The van der Waals surface area contributed by atoms with Gasteiger partial charge in [-0.1, -0.05) is 0 Å². The minimum absolute atomic E-state index is 0.117. The molecular formula is C25H32N8O2. The number of amidine groups is 1. The van der Waals surface area contributed by atoms with Gasteiger partial charge in [0.15, 0.2) is 11.6 Å². The van der Waals surface area contributed by atoms with E-state index >= 15 is 0 Å². The molecule has 2 N–H and O–H groups in total. The fourth-order valence-corrected chi connectivity index (χ4v) is 4.91. The lowest BCUT2D eigenvalue weighted by molar-refractivity contribution is 0.0627. The molecule has 0 bridgehead atoms. The number of amides is 1. The molecule has 0 saturated carbocycles. The minimum atomic E-state index is -0.118. The molecule has 2 fully saturated rings. The summed E-state index contributed by atoms with van der Waals surface area (Å²) in [7, 11) is 0. The number of hydrogen-bond donors (Lipinski definition) is 1. The number of hydrazone groups is 1. The molecule has 35 heavy (non-hydrogen) atoms. The van der Waals surface area contributed by atoms with Gasteiger partial charge in [-0.15, -0.1) is 0 Å². The summed E-state index contributed by atoms with van der Waals surface area (Å²) in [5.41, 5.74) is 7.15. The molecular weight excluding hydrogens is 444 g/mol. The smallest absolute Gasteiger partial charge is 0.290 e. The fourth-order valence-electron chi connectivity index (χ4n) is 4.91. The first kappa shape index (κ1) is 23.1. The summed E-state index contributed by atoms with van der Waals surface area (Å²) in [6.07, 6.45) is 11.3. The third kappa shape index (κ3) is 4.93. The van der Waals surface area contributed by atoms with Crippen molar-refractivity contribution in [3.63, 3.8) is 0 Å². The van der Waals surface area contributed by atoms with Crippen LogP contribution in [0.3, 0.4) is 0 Å². The van der Waals surface area contributed by atoms with Gasteiger partial charge in [0.05, 0.1) is 12.6 Å². The normalized spacial score (nSPS) is 24.1. The van der Waals surface area contributed by atoms with Crippen LogP contribution >= 0.6 is 0 Å². The molecule has 1 unspecified atom stereocenters. The lowest BCUT2D eigenvalue weighted by Gasteiger charge is -2.35. The van der Waals surface area contributed by atoms with Crippen LogP contribution < -0.4 is 5.73 Å². The Morgan fingerprint density at radius 1 is 1.31 bits per heavy atom. The van der Waals surface area contributed by atoms with Crippen molar-refractivity contribution < 1.29 is 9.21 Å². The number of hydrogen-bond acceptors (Lipinski definition) is 8. The Balaban J connectivity index is 1.38. The van der Waals surface area contributed by atoms with Crippen molar-refractivity contribution in [2.75, 3.05) is 19.6 Å². The third-order valence-electron chi connectivity index (χ3n) is 6.70. The molecule has 0 spiro atoms. The summed E-state index contributed by atoms with van der Waals surface area (Å²) in [6.45, 7) is 8.55. The highest BCUT2D eigenvalue weighted by Gasteiger charge is 2.31. The van der Waals surface area contributed by atoms with Gasteiger partial charge in [0.25, 0.3) is 5.91 Å². The Hall–Kier alpha value is -3.66. The van der Waals surface area contributed by atoms with Gasteiger partial charge in [0.1, 0.15) is 11.6 Å². The summed E-state index contributed by atoms with van der Waals surface area (Å²) in [5.74, 6) is 2.49. The predicted octanol–water partition coefficient (Wildman–Crippen LogP) is 2.63. The quantitative estimate of drug-likeness (QED) is 0.665. The van der Waals surface area contributed by atoms with E-state index in [0.29, 0.717) is 30.4 Å². The number of furan rings is 1. The first-order valence-corrected chi connectivity index (χ1v) is 12.1. The maximum Gasteiger partial charge on any atom is 0.290 e. The van der Waals surface area contributed by atoms with Crippen LogP contribution in [0.15, 0.2) is 68.8 Å². The molecule has 0 aliphatic carbocycles. The van der Waals surface area contributed by atoms with Crippen LogP contribution in [0.1, 0.15) is 48.9 Å². The molecule has 0 radical (unpaired) electrons. The number of aromatic nitrogens is 2. The maximum absolute atomic E-state index is 13.4. The lowest BCUT2D eigenvalue weighted by atomic mass is 10.0. The van der Waals surface area contributed by atoms with Crippen molar-refractivity contribution in [1.29, 1.82) is 0 Å². The van der Waals surface area contributed by atoms with E-state index in [2.05, 4.69) is 21.8 Å². The average Bonchev–Trinajstić information content (AvgIpc) is 3.63. The number of nitrogens with two attached hydrogens (primary N) is 1. The Kier molecular flexibility index (Phi) is 6.54. The lowest BCUT2D eigenvalue weighted by Crippen LogP contribution is -2.43. The monoisotopic (exact) mass is 476 g/mol. The molecule has 2 aromatic heterocycles. The van der Waals surface area contributed by atoms with Gasteiger partial charge in [-0.2, -0.15) is 10.2 Å². The summed E-state index contributed by atoms with van der Waals surface area (Å²) in [4.78, 5) is 22.5. The maximum atomic E-state index is 13.4. The summed E-state index contributed by atoms with van der Waals surface area (Å²) >= 11 is 0. The topological polar surface area (TPSA) is 108 Å². The van der Waals surface area contributed by atoms with Crippen LogP contribution in [-0.2, 0) is 6.54 Å². The van der Waals surface area contributed by atoms with Crippen LogP contribution in [0.2, 0.25) is 0 Å². The minimum Gasteiger partial charge on any atom is -0.454 e. The molecule has 184 valence electrons. The van der Waals surface area contributed by atoms with Crippen molar-refractivity contribution >= 4 is 18.5 Å². The molecule has 2 saturated heterocycles. The van der Waals surface area contributed by atoms with Crippen molar-refractivity contribution in [2.24, 2.45) is 15.8 Å². The second-order valence-corrected chi connectivity index (χ2v) is 9.28. The first-order valence-electron chi connectivity index (χ1n) is 12.1. The zero-order valence-corrected chi connectivity index (χ0v) is 20.1. The van der Waals surface area contributed by atoms with E-state index in [0.717, 1.165) is 50.2 Å². The zero-order valence-electron chi connectivity index (χ0n) is 20.1. The van der Waals surface area contributed by atoms with Crippen LogP contribution in [0.5, 0.6) is 0 Å². The number of likely N-dealkylation sites (tertiary alicyclic amines) is 2. The molecule has 10 nitrogen and oxygen atoms in total. The largest absolute Gasteiger partial charge is 0.454 e. The first-order chi connectivity index (χ1) is 17.0. The Morgan fingerprint density at radius 3 is 2.94 bits per heavy atom. The van der Waals surface area contributed by atoms with Gasteiger partial charge < -0.3 is 20.0 Å². The second-order valence-electron chi connectivity index (χ2n) is 9.28. The number of carbonyl (C=O) groups excluding carboxylic acids is 1. The molecule has 10 heteroatoms. The summed E-state index contributed by atoms with van der Waals surface area (Å²) in [6, 6.07) is 5.48. The number of nitrogens with zero attached hydrogens (tertiary/aromatic N) is 7. The summed E-state index contributed by atoms with van der Waals surface area (Å²) in [5, 5.41) is 10.0. The van der Waals surface area contributed by atoms with E-state index in [4.69, 9.17) is 15.1 Å². The highest BCUT2D eigenvalue weighted by molar-refractivity contribution is 5.99. The van der Waals surface area contributed by atoms with Crippen molar-refractivity contribution in [3.8, 4) is 0 Å². The highest BCUT2D eigenvalue weighted by atomic mass is 16.4. The average molecular weight is 477 g/mol. The van der Waals surface area contributed by atoms with Crippen LogP contribution in [-0.4, -0.2) is 74.8 Å². The van der Waals surface area contributed by atoms with Gasteiger partial charge in [-0.25, -0.2) is 10.0 Å². The van der Waals surface area contributed by atoms with Crippen molar-refractivity contribution in [2.45, 2.75) is 51.2 Å². The van der Waals surface area contributed by atoms with Gasteiger partial charge in [0.2, 0.25) is 0 Å². The molecule has 3 aliphatic heterocycles. The van der Waals surface area contributed by atoms with Crippen LogP contribution in [0, 0.1) is 0 Å². The predicted molar refractivity (Wildman–Crippen MR) is 134 cm³/mol. The fraction of sp³-hybridized carbons (Fsp3) is 0.440. The van der Waals surface area contributed by atoms with Crippen LogP contribution in [0.25, 0.3) is 0 Å². The van der Waals surface area contributed by atoms with E-state index in [1.54, 1.807) is 22.0 Å². The van der Waals surface area contributed by atoms with E-state index in [1.165, 1.54) is 0 Å². The van der Waals surface area contributed by atoms with Gasteiger partial charge >= 0.3 is 0 Å². The molecule has 1 amide bonds. The zero-order chi connectivity index (χ0) is 24.4. The van der Waals surface area contributed by atoms with Crippen LogP contribution in [0.4, 0.5) is 0 Å². The van der Waals surface area contributed by atoms with Gasteiger partial charge in [0, 0.05) is 56.6 Å². The molecule has 0 aromatic carbocycles. The Bertz CT molecular complexity index is 1160. The standard InChI is InChI=1S/C25H32N8O2/c1-18-15-33(27-2)23(29-24(18)30-13-9-19(26)16-30)14-20-6-3-4-12-32(20)25(34)22-8-7-21(35-22)17-31-11-5-10-28-31/h5,7-8,10-11,14-15,19-20H,2-4,6,9,12-13,16-17,26H2,1H3/b23-14-/t19-,20?/m0/s1. The molecule has 5 heterocycles. The highest BCUT2D eigenvalue weighted by Crippen LogP contribution is 2.27. The molecule has 2 aromatic rings. The van der Waals surface area contributed by atoms with E-state index in [1.807, 2.05) is 42.4 Å². The third-order valence-corrected chi connectivity index (χ3v) is 6.70.